The summed E-state index contributed by atoms with van der Waals surface area (Å²) in [6, 6.07) is -0.628. The summed E-state index contributed by atoms with van der Waals surface area (Å²) in [7, 11) is 0. The van der Waals surface area contributed by atoms with Crippen molar-refractivity contribution in [3.8, 4) is 0 Å². The number of ether oxygens (including phenoxy) is 2. The van der Waals surface area contributed by atoms with Crippen molar-refractivity contribution in [2.45, 2.75) is 71.6 Å². The molecule has 1 fully saturated rings. The Hall–Kier alpha value is -1.30. The molecule has 1 rings (SSSR count). The molecule has 6 heteroatoms. The van der Waals surface area contributed by atoms with E-state index in [1.54, 1.807) is 20.8 Å². The Kier molecular flexibility index (Phi) is 5.84. The van der Waals surface area contributed by atoms with Gasteiger partial charge in [0.15, 0.2) is 0 Å². The third-order valence-corrected chi connectivity index (χ3v) is 3.35. The van der Waals surface area contributed by atoms with Gasteiger partial charge >= 0.3 is 12.1 Å². The van der Waals surface area contributed by atoms with E-state index in [1.807, 2.05) is 20.8 Å². The van der Waals surface area contributed by atoms with Gasteiger partial charge in [-0.25, -0.2) is 9.59 Å². The van der Waals surface area contributed by atoms with Gasteiger partial charge in [0.25, 0.3) is 0 Å². The van der Waals surface area contributed by atoms with Crippen LogP contribution in [0, 0.1) is 5.92 Å². The molecule has 128 valence electrons. The second-order valence-electron chi connectivity index (χ2n) is 7.85. The third kappa shape index (κ3) is 5.83. The molecule has 1 aliphatic heterocycles. The average molecular weight is 314 g/mol. The molecule has 6 nitrogen and oxygen atoms in total. The van der Waals surface area contributed by atoms with Gasteiger partial charge in [-0.15, -0.1) is 0 Å². The first-order chi connectivity index (χ1) is 9.93. The number of piperidine rings is 1. The van der Waals surface area contributed by atoms with Crippen molar-refractivity contribution in [3.63, 3.8) is 0 Å². The van der Waals surface area contributed by atoms with E-state index in [2.05, 4.69) is 0 Å². The molecule has 0 spiro atoms. The minimum absolute atomic E-state index is 0.219. The fourth-order valence-corrected chi connectivity index (χ4v) is 2.38. The van der Waals surface area contributed by atoms with Gasteiger partial charge in [0.05, 0.1) is 0 Å². The Morgan fingerprint density at radius 3 is 2.09 bits per heavy atom. The Bertz CT molecular complexity index is 409. The van der Waals surface area contributed by atoms with Gasteiger partial charge in [-0.3, -0.25) is 4.90 Å². The largest absolute Gasteiger partial charge is 0.458 e. The maximum absolute atomic E-state index is 12.4. The molecular weight excluding hydrogens is 284 g/mol. The van der Waals surface area contributed by atoms with Crippen molar-refractivity contribution in [2.24, 2.45) is 11.7 Å². The topological polar surface area (TPSA) is 81.9 Å². The zero-order valence-corrected chi connectivity index (χ0v) is 14.6. The lowest BCUT2D eigenvalue weighted by molar-refractivity contribution is -0.163. The molecule has 0 radical (unpaired) electrons. The number of carbonyl (C=O) groups excluding carboxylic acids is 2. The van der Waals surface area contributed by atoms with E-state index in [9.17, 15) is 9.59 Å². The molecule has 1 aliphatic rings. The van der Waals surface area contributed by atoms with Crippen LogP contribution in [0.4, 0.5) is 4.79 Å². The standard InChI is InChI=1S/C16H30N2O4/c1-15(2,3)21-13(19)12-9-11(10-17)7-8-18(12)14(20)22-16(4,5)6/h11-12H,7-10,17H2,1-6H3. The second-order valence-corrected chi connectivity index (χ2v) is 7.85. The first-order valence-electron chi connectivity index (χ1n) is 7.85. The molecule has 0 aliphatic carbocycles. The van der Waals surface area contributed by atoms with Gasteiger partial charge < -0.3 is 15.2 Å². The SMILES string of the molecule is CC(C)(C)OC(=O)C1CC(CN)CCN1C(=O)OC(C)(C)C. The molecule has 2 atom stereocenters. The Labute approximate surface area is 133 Å². The highest BCUT2D eigenvalue weighted by atomic mass is 16.6. The van der Waals surface area contributed by atoms with E-state index >= 15 is 0 Å². The van der Waals surface area contributed by atoms with E-state index in [0.29, 0.717) is 19.5 Å². The van der Waals surface area contributed by atoms with Gasteiger partial charge in [-0.2, -0.15) is 0 Å². The minimum atomic E-state index is -0.628. The van der Waals surface area contributed by atoms with Crippen LogP contribution in [0.15, 0.2) is 0 Å². The molecule has 1 amide bonds. The molecular formula is C16H30N2O4. The van der Waals surface area contributed by atoms with Crippen LogP contribution >= 0.6 is 0 Å². The van der Waals surface area contributed by atoms with E-state index in [4.69, 9.17) is 15.2 Å². The van der Waals surface area contributed by atoms with Crippen LogP contribution in [0.5, 0.6) is 0 Å². The zero-order chi connectivity index (χ0) is 17.1. The van der Waals surface area contributed by atoms with Crippen molar-refractivity contribution in [1.82, 2.24) is 4.90 Å². The quantitative estimate of drug-likeness (QED) is 0.791. The first-order valence-corrected chi connectivity index (χ1v) is 7.85. The third-order valence-electron chi connectivity index (χ3n) is 3.35. The van der Waals surface area contributed by atoms with Crippen molar-refractivity contribution < 1.29 is 19.1 Å². The summed E-state index contributed by atoms with van der Waals surface area (Å²) >= 11 is 0. The number of amides is 1. The predicted molar refractivity (Wildman–Crippen MR) is 84.4 cm³/mol. The molecule has 0 aromatic rings. The minimum Gasteiger partial charge on any atom is -0.458 e. The molecule has 2 unspecified atom stereocenters. The van der Waals surface area contributed by atoms with E-state index in [1.165, 1.54) is 4.90 Å². The van der Waals surface area contributed by atoms with Crippen LogP contribution in [0.3, 0.4) is 0 Å². The normalized spacial score (nSPS) is 23.1. The highest BCUT2D eigenvalue weighted by Gasteiger charge is 2.39. The molecule has 22 heavy (non-hydrogen) atoms. The Balaban J connectivity index is 2.88. The summed E-state index contributed by atoms with van der Waals surface area (Å²) in [5.74, 6) is -0.173. The van der Waals surface area contributed by atoms with Gasteiger partial charge in [0, 0.05) is 6.54 Å². The Morgan fingerprint density at radius 1 is 1.09 bits per heavy atom. The van der Waals surface area contributed by atoms with Crippen LogP contribution in [0.2, 0.25) is 0 Å². The summed E-state index contributed by atoms with van der Waals surface area (Å²) in [4.78, 5) is 26.3. The number of rotatable bonds is 2. The van der Waals surface area contributed by atoms with Crippen molar-refractivity contribution in [1.29, 1.82) is 0 Å². The van der Waals surface area contributed by atoms with Crippen molar-refractivity contribution in [2.75, 3.05) is 13.1 Å². The number of esters is 1. The maximum atomic E-state index is 12.4. The lowest BCUT2D eigenvalue weighted by Crippen LogP contribution is -2.53. The fraction of sp³-hybridized carbons (Fsp3) is 0.875. The van der Waals surface area contributed by atoms with E-state index in [-0.39, 0.29) is 5.92 Å². The van der Waals surface area contributed by atoms with Gasteiger partial charge in [-0.1, -0.05) is 0 Å². The monoisotopic (exact) mass is 314 g/mol. The van der Waals surface area contributed by atoms with E-state index in [0.717, 1.165) is 6.42 Å². The summed E-state index contributed by atoms with van der Waals surface area (Å²) in [6.07, 6.45) is 0.818. The van der Waals surface area contributed by atoms with Crippen LogP contribution in [0.25, 0.3) is 0 Å². The van der Waals surface area contributed by atoms with Crippen LogP contribution < -0.4 is 5.73 Å². The second kappa shape index (κ2) is 6.86. The fourth-order valence-electron chi connectivity index (χ4n) is 2.38. The summed E-state index contributed by atoms with van der Waals surface area (Å²) in [5, 5.41) is 0. The summed E-state index contributed by atoms with van der Waals surface area (Å²) < 4.78 is 10.9. The number of nitrogens with two attached hydrogens (primary N) is 1. The zero-order valence-electron chi connectivity index (χ0n) is 14.6. The number of hydrogen-bond acceptors (Lipinski definition) is 5. The Morgan fingerprint density at radius 2 is 1.64 bits per heavy atom. The van der Waals surface area contributed by atoms with Gasteiger partial charge in [-0.05, 0) is 66.8 Å². The highest BCUT2D eigenvalue weighted by molar-refractivity contribution is 5.82. The number of nitrogens with zero attached hydrogens (tertiary/aromatic N) is 1. The van der Waals surface area contributed by atoms with Crippen LogP contribution in [-0.2, 0) is 14.3 Å². The maximum Gasteiger partial charge on any atom is 0.411 e. The summed E-state index contributed by atoms with van der Waals surface area (Å²) in [6.45, 7) is 11.8. The van der Waals surface area contributed by atoms with Crippen molar-refractivity contribution in [3.05, 3.63) is 0 Å². The van der Waals surface area contributed by atoms with Crippen molar-refractivity contribution >= 4 is 12.1 Å². The van der Waals surface area contributed by atoms with Gasteiger partial charge in [0.1, 0.15) is 17.2 Å². The molecule has 0 aromatic carbocycles. The number of carbonyl (C=O) groups is 2. The van der Waals surface area contributed by atoms with Gasteiger partial charge in [0.2, 0.25) is 0 Å². The molecule has 1 saturated heterocycles. The predicted octanol–water partition coefficient (Wildman–Crippen LogP) is 2.30. The molecule has 1 heterocycles. The summed E-state index contributed by atoms with van der Waals surface area (Å²) in [5.41, 5.74) is 4.54. The molecule has 0 aromatic heterocycles. The number of likely N-dealkylation sites (tertiary alicyclic amines) is 1. The first kappa shape index (κ1) is 18.7. The molecule has 0 saturated carbocycles. The van der Waals surface area contributed by atoms with Crippen LogP contribution in [0.1, 0.15) is 54.4 Å². The van der Waals surface area contributed by atoms with Crippen LogP contribution in [-0.4, -0.2) is 47.3 Å². The molecule has 0 bridgehead atoms. The van der Waals surface area contributed by atoms with E-state index < -0.39 is 29.3 Å². The molecule has 2 N–H and O–H groups in total. The number of hydrogen-bond donors (Lipinski definition) is 1. The average Bonchev–Trinajstić information content (AvgIpc) is 2.33. The lowest BCUT2D eigenvalue weighted by atomic mass is 9.91. The lowest BCUT2D eigenvalue weighted by Gasteiger charge is -2.39. The smallest absolute Gasteiger partial charge is 0.411 e. The highest BCUT2D eigenvalue weighted by Crippen LogP contribution is 2.26.